The normalized spacial score (nSPS) is 10.5. The zero-order chi connectivity index (χ0) is 19.9. The molecular formula is C20H18F2N4O2. The quantitative estimate of drug-likeness (QED) is 0.610. The molecule has 0 aliphatic heterocycles. The van der Waals surface area contributed by atoms with E-state index in [9.17, 15) is 13.6 Å². The van der Waals surface area contributed by atoms with Gasteiger partial charge in [0.25, 0.3) is 5.91 Å². The van der Waals surface area contributed by atoms with E-state index in [-0.39, 0.29) is 23.0 Å². The van der Waals surface area contributed by atoms with Crippen LogP contribution in [-0.4, -0.2) is 36.1 Å². The van der Waals surface area contributed by atoms with Gasteiger partial charge < -0.3 is 15.4 Å². The van der Waals surface area contributed by atoms with Crippen LogP contribution in [0, 0.1) is 11.6 Å². The van der Waals surface area contributed by atoms with Gasteiger partial charge in [-0.2, -0.15) is 0 Å². The summed E-state index contributed by atoms with van der Waals surface area (Å²) in [5.41, 5.74) is 0.362. The minimum atomic E-state index is -0.772. The van der Waals surface area contributed by atoms with E-state index in [1.807, 2.05) is 6.07 Å². The van der Waals surface area contributed by atoms with Crippen LogP contribution in [0.15, 0.2) is 54.6 Å². The maximum absolute atomic E-state index is 14.0. The number of hydrogen-bond donors (Lipinski definition) is 2. The number of benzene rings is 2. The van der Waals surface area contributed by atoms with Gasteiger partial charge in [-0.1, -0.05) is 36.4 Å². The summed E-state index contributed by atoms with van der Waals surface area (Å²) in [4.78, 5) is 21.0. The Kier molecular flexibility index (Phi) is 6.23. The molecule has 0 radical (unpaired) electrons. The third-order valence-corrected chi connectivity index (χ3v) is 3.80. The Hall–Kier alpha value is -3.39. The van der Waals surface area contributed by atoms with E-state index >= 15 is 0 Å². The Morgan fingerprint density at radius 1 is 1.04 bits per heavy atom. The third kappa shape index (κ3) is 4.66. The topological polar surface area (TPSA) is 76.1 Å². The third-order valence-electron chi connectivity index (χ3n) is 3.80. The van der Waals surface area contributed by atoms with Crippen LogP contribution in [0.5, 0.6) is 0 Å². The van der Waals surface area contributed by atoms with Crippen LogP contribution in [0.25, 0.3) is 11.4 Å². The molecule has 0 fully saturated rings. The van der Waals surface area contributed by atoms with E-state index in [0.29, 0.717) is 18.7 Å². The molecule has 0 saturated heterocycles. The lowest BCUT2D eigenvalue weighted by Crippen LogP contribution is -2.28. The first-order valence-electron chi connectivity index (χ1n) is 8.51. The standard InChI is InChI=1S/C20H18F2N4O2/c1-28-11-10-23-20(27)16-12-17(25-18-14(21)8-5-9-15(18)22)26-19(24-16)13-6-3-2-4-7-13/h2-9,12H,10-11H2,1H3,(H,23,27)(H,24,25,26). The van der Waals surface area contributed by atoms with Gasteiger partial charge in [0.05, 0.1) is 6.61 Å². The number of hydrogen-bond acceptors (Lipinski definition) is 5. The number of nitrogens with zero attached hydrogens (tertiary/aromatic N) is 2. The molecule has 6 nitrogen and oxygen atoms in total. The molecule has 1 amide bonds. The fourth-order valence-electron chi connectivity index (χ4n) is 2.45. The van der Waals surface area contributed by atoms with Gasteiger partial charge in [-0.05, 0) is 12.1 Å². The molecule has 1 aromatic heterocycles. The predicted octanol–water partition coefficient (Wildman–Crippen LogP) is 3.54. The van der Waals surface area contributed by atoms with E-state index in [1.54, 1.807) is 24.3 Å². The van der Waals surface area contributed by atoms with E-state index in [1.165, 1.54) is 19.2 Å². The van der Waals surface area contributed by atoms with Crippen LogP contribution < -0.4 is 10.6 Å². The highest BCUT2D eigenvalue weighted by molar-refractivity contribution is 5.93. The number of carbonyl (C=O) groups is 1. The van der Waals surface area contributed by atoms with Crippen molar-refractivity contribution in [2.75, 3.05) is 25.6 Å². The van der Waals surface area contributed by atoms with Crippen LogP contribution in [0.1, 0.15) is 10.5 Å². The van der Waals surface area contributed by atoms with Crippen LogP contribution in [0.2, 0.25) is 0 Å². The van der Waals surface area contributed by atoms with Crippen molar-refractivity contribution >= 4 is 17.4 Å². The SMILES string of the molecule is COCCNC(=O)c1cc(Nc2c(F)cccc2F)nc(-c2ccccc2)n1. The van der Waals surface area contributed by atoms with Crippen LogP contribution in [-0.2, 0) is 4.74 Å². The number of amides is 1. The summed E-state index contributed by atoms with van der Waals surface area (Å²) >= 11 is 0. The average molecular weight is 384 g/mol. The number of anilines is 2. The Bertz CT molecular complexity index is 947. The molecule has 0 spiro atoms. The van der Waals surface area contributed by atoms with Gasteiger partial charge in [-0.25, -0.2) is 18.7 Å². The molecule has 0 atom stereocenters. The van der Waals surface area contributed by atoms with E-state index < -0.39 is 17.5 Å². The van der Waals surface area contributed by atoms with Crippen molar-refractivity contribution in [1.82, 2.24) is 15.3 Å². The maximum Gasteiger partial charge on any atom is 0.270 e. The first-order valence-corrected chi connectivity index (χ1v) is 8.51. The monoisotopic (exact) mass is 384 g/mol. The predicted molar refractivity (Wildman–Crippen MR) is 101 cm³/mol. The van der Waals surface area contributed by atoms with Crippen molar-refractivity contribution in [3.05, 3.63) is 71.9 Å². The van der Waals surface area contributed by atoms with Gasteiger partial charge in [0, 0.05) is 25.3 Å². The summed E-state index contributed by atoms with van der Waals surface area (Å²) < 4.78 is 32.9. The number of para-hydroxylation sites is 1. The highest BCUT2D eigenvalue weighted by atomic mass is 19.1. The molecular weight excluding hydrogens is 366 g/mol. The summed E-state index contributed by atoms with van der Waals surface area (Å²) in [7, 11) is 1.52. The second-order valence-corrected chi connectivity index (χ2v) is 5.80. The van der Waals surface area contributed by atoms with Crippen LogP contribution in [0.4, 0.5) is 20.3 Å². The average Bonchev–Trinajstić information content (AvgIpc) is 2.71. The summed E-state index contributed by atoms with van der Waals surface area (Å²) in [5, 5.41) is 5.27. The van der Waals surface area contributed by atoms with Crippen molar-refractivity contribution in [3.63, 3.8) is 0 Å². The zero-order valence-corrected chi connectivity index (χ0v) is 15.1. The van der Waals surface area contributed by atoms with Crippen molar-refractivity contribution in [1.29, 1.82) is 0 Å². The Balaban J connectivity index is 1.99. The molecule has 3 rings (SSSR count). The first kappa shape index (κ1) is 19.4. The van der Waals surface area contributed by atoms with Crippen molar-refractivity contribution in [3.8, 4) is 11.4 Å². The smallest absolute Gasteiger partial charge is 0.270 e. The van der Waals surface area contributed by atoms with Crippen LogP contribution >= 0.6 is 0 Å². The Morgan fingerprint density at radius 3 is 2.43 bits per heavy atom. The molecule has 0 saturated carbocycles. The summed E-state index contributed by atoms with van der Waals surface area (Å²) in [6.45, 7) is 0.638. The van der Waals surface area contributed by atoms with Gasteiger partial charge in [-0.15, -0.1) is 0 Å². The lowest BCUT2D eigenvalue weighted by atomic mass is 10.2. The second-order valence-electron chi connectivity index (χ2n) is 5.80. The lowest BCUT2D eigenvalue weighted by Gasteiger charge is -2.11. The highest BCUT2D eigenvalue weighted by Crippen LogP contribution is 2.24. The summed E-state index contributed by atoms with van der Waals surface area (Å²) in [6, 6.07) is 13.8. The minimum absolute atomic E-state index is 0.0594. The van der Waals surface area contributed by atoms with Gasteiger partial charge in [0.2, 0.25) is 0 Å². The molecule has 28 heavy (non-hydrogen) atoms. The molecule has 0 unspecified atom stereocenters. The molecule has 144 valence electrons. The van der Waals surface area contributed by atoms with E-state index in [0.717, 1.165) is 12.1 Å². The number of nitrogens with one attached hydrogen (secondary N) is 2. The zero-order valence-electron chi connectivity index (χ0n) is 15.1. The maximum atomic E-state index is 14.0. The lowest BCUT2D eigenvalue weighted by molar-refractivity contribution is 0.0932. The van der Waals surface area contributed by atoms with Crippen molar-refractivity contribution < 1.29 is 18.3 Å². The molecule has 1 heterocycles. The Labute approximate surface area is 160 Å². The molecule has 2 N–H and O–H groups in total. The fraction of sp³-hybridized carbons (Fsp3) is 0.150. The molecule has 8 heteroatoms. The molecule has 0 aliphatic rings. The number of halogens is 2. The van der Waals surface area contributed by atoms with Gasteiger partial charge >= 0.3 is 0 Å². The summed E-state index contributed by atoms with van der Waals surface area (Å²) in [5.74, 6) is -1.65. The van der Waals surface area contributed by atoms with Crippen LogP contribution in [0.3, 0.4) is 0 Å². The van der Waals surface area contributed by atoms with Crippen molar-refractivity contribution in [2.45, 2.75) is 0 Å². The number of carbonyl (C=O) groups excluding carboxylic acids is 1. The van der Waals surface area contributed by atoms with Crippen molar-refractivity contribution in [2.24, 2.45) is 0 Å². The first-order chi connectivity index (χ1) is 13.6. The van der Waals surface area contributed by atoms with Gasteiger partial charge in [-0.3, -0.25) is 4.79 Å². The molecule has 0 aliphatic carbocycles. The number of methoxy groups -OCH3 is 1. The van der Waals surface area contributed by atoms with Gasteiger partial charge in [0.15, 0.2) is 5.82 Å². The second kappa shape index (κ2) is 9.01. The minimum Gasteiger partial charge on any atom is -0.383 e. The van der Waals surface area contributed by atoms with E-state index in [2.05, 4.69) is 20.6 Å². The highest BCUT2D eigenvalue weighted by Gasteiger charge is 2.15. The number of ether oxygens (including phenoxy) is 1. The van der Waals surface area contributed by atoms with E-state index in [4.69, 9.17) is 4.74 Å². The number of aromatic nitrogens is 2. The largest absolute Gasteiger partial charge is 0.383 e. The molecule has 3 aromatic rings. The fourth-order valence-corrected chi connectivity index (χ4v) is 2.45. The number of rotatable bonds is 7. The summed E-state index contributed by atoms with van der Waals surface area (Å²) in [6.07, 6.45) is 0. The Morgan fingerprint density at radius 2 is 1.75 bits per heavy atom. The molecule has 2 aromatic carbocycles. The van der Waals surface area contributed by atoms with Gasteiger partial charge in [0.1, 0.15) is 28.8 Å². The molecule has 0 bridgehead atoms.